The van der Waals surface area contributed by atoms with E-state index in [9.17, 15) is 4.79 Å². The highest BCUT2D eigenvalue weighted by atomic mass is 16.5. The summed E-state index contributed by atoms with van der Waals surface area (Å²) in [7, 11) is 0. The van der Waals surface area contributed by atoms with Gasteiger partial charge in [-0.15, -0.1) is 0 Å². The second-order valence-corrected chi connectivity index (χ2v) is 6.23. The number of aryl methyl sites for hydroxylation is 2. The highest BCUT2D eigenvalue weighted by Gasteiger charge is 2.13. The van der Waals surface area contributed by atoms with Gasteiger partial charge in [0.1, 0.15) is 18.1 Å². The van der Waals surface area contributed by atoms with Crippen LogP contribution in [0.4, 0.5) is 0 Å². The lowest BCUT2D eigenvalue weighted by Crippen LogP contribution is -2.26. The van der Waals surface area contributed by atoms with Crippen LogP contribution in [-0.4, -0.2) is 11.1 Å². The normalized spacial score (nSPS) is 11.8. The van der Waals surface area contributed by atoms with Crippen LogP contribution in [-0.2, 0) is 6.61 Å². The Labute approximate surface area is 153 Å². The zero-order valence-electron chi connectivity index (χ0n) is 15.2. The summed E-state index contributed by atoms with van der Waals surface area (Å²) in [4.78, 5) is 12.5. The van der Waals surface area contributed by atoms with Gasteiger partial charge in [-0.1, -0.05) is 41.6 Å². The quantitative estimate of drug-likeness (QED) is 0.717. The molecule has 0 saturated carbocycles. The summed E-state index contributed by atoms with van der Waals surface area (Å²) < 4.78 is 10.9. The van der Waals surface area contributed by atoms with Gasteiger partial charge in [0.25, 0.3) is 5.91 Å². The summed E-state index contributed by atoms with van der Waals surface area (Å²) in [5, 5.41) is 6.92. The number of rotatable bonds is 6. The Morgan fingerprint density at radius 1 is 1.15 bits per heavy atom. The second kappa shape index (κ2) is 7.87. The van der Waals surface area contributed by atoms with Gasteiger partial charge < -0.3 is 14.6 Å². The van der Waals surface area contributed by atoms with Gasteiger partial charge in [0.2, 0.25) is 0 Å². The number of aromatic nitrogens is 1. The zero-order chi connectivity index (χ0) is 18.5. The van der Waals surface area contributed by atoms with Gasteiger partial charge in [0.05, 0.1) is 17.3 Å². The molecular weight excluding hydrogens is 328 g/mol. The minimum atomic E-state index is -0.135. The summed E-state index contributed by atoms with van der Waals surface area (Å²) in [6.07, 6.45) is 0. The molecule has 0 unspecified atom stereocenters. The Bertz CT molecular complexity index is 868. The van der Waals surface area contributed by atoms with Crippen molar-refractivity contribution in [2.45, 2.75) is 33.4 Å². The van der Waals surface area contributed by atoms with E-state index >= 15 is 0 Å². The summed E-state index contributed by atoms with van der Waals surface area (Å²) in [6, 6.07) is 16.9. The average molecular weight is 350 g/mol. The highest BCUT2D eigenvalue weighted by molar-refractivity contribution is 5.94. The lowest BCUT2D eigenvalue weighted by Gasteiger charge is -2.15. The lowest BCUT2D eigenvalue weighted by atomic mass is 10.1. The van der Waals surface area contributed by atoms with Crippen molar-refractivity contribution in [1.29, 1.82) is 0 Å². The van der Waals surface area contributed by atoms with Crippen LogP contribution in [0.1, 0.15) is 45.9 Å². The van der Waals surface area contributed by atoms with Gasteiger partial charge in [0, 0.05) is 5.56 Å². The highest BCUT2D eigenvalue weighted by Crippen LogP contribution is 2.19. The standard InChI is InChI=1S/C21H22N2O3/c1-14(17-8-5-4-6-9-17)22-21(24)18-10-7-11-19(12-18)25-13-20-15(2)23-26-16(20)3/h4-12,14H,13H2,1-3H3,(H,22,24)/t14-/m0/s1. The van der Waals surface area contributed by atoms with Crippen LogP contribution < -0.4 is 10.1 Å². The minimum Gasteiger partial charge on any atom is -0.489 e. The maximum absolute atomic E-state index is 12.5. The van der Waals surface area contributed by atoms with E-state index in [4.69, 9.17) is 9.26 Å². The van der Waals surface area contributed by atoms with Crippen LogP contribution in [0.3, 0.4) is 0 Å². The van der Waals surface area contributed by atoms with Gasteiger partial charge >= 0.3 is 0 Å². The molecule has 0 radical (unpaired) electrons. The number of benzene rings is 2. The van der Waals surface area contributed by atoms with E-state index < -0.39 is 0 Å². The first kappa shape index (κ1) is 17.7. The Morgan fingerprint density at radius 3 is 2.62 bits per heavy atom. The molecule has 0 saturated heterocycles. The average Bonchev–Trinajstić information content (AvgIpc) is 2.98. The number of nitrogens with zero attached hydrogens (tertiary/aromatic N) is 1. The van der Waals surface area contributed by atoms with Crippen LogP contribution in [0.2, 0.25) is 0 Å². The molecule has 134 valence electrons. The minimum absolute atomic E-state index is 0.0735. The number of hydrogen-bond donors (Lipinski definition) is 1. The molecule has 5 nitrogen and oxygen atoms in total. The van der Waals surface area contributed by atoms with Crippen LogP contribution in [0.5, 0.6) is 5.75 Å². The molecule has 1 aromatic heterocycles. The number of amides is 1. The van der Waals surface area contributed by atoms with Crippen molar-refractivity contribution in [3.63, 3.8) is 0 Å². The molecule has 0 aliphatic carbocycles. The number of carbonyl (C=O) groups is 1. The maximum Gasteiger partial charge on any atom is 0.251 e. The molecule has 0 aliphatic rings. The van der Waals surface area contributed by atoms with Crippen molar-refractivity contribution >= 4 is 5.91 Å². The zero-order valence-corrected chi connectivity index (χ0v) is 15.2. The van der Waals surface area contributed by atoms with Gasteiger partial charge in [-0.3, -0.25) is 4.79 Å². The maximum atomic E-state index is 12.5. The van der Waals surface area contributed by atoms with Crippen molar-refractivity contribution in [3.8, 4) is 5.75 Å². The Hall–Kier alpha value is -3.08. The molecule has 1 N–H and O–H groups in total. The van der Waals surface area contributed by atoms with Crippen LogP contribution >= 0.6 is 0 Å². The van der Waals surface area contributed by atoms with E-state index in [1.807, 2.05) is 63.2 Å². The molecule has 5 heteroatoms. The molecule has 26 heavy (non-hydrogen) atoms. The molecule has 3 aromatic rings. The summed E-state index contributed by atoms with van der Waals surface area (Å²) in [5.41, 5.74) is 3.36. The molecule has 0 aliphatic heterocycles. The number of ether oxygens (including phenoxy) is 1. The van der Waals surface area contributed by atoms with Crippen molar-refractivity contribution in [3.05, 3.63) is 82.7 Å². The fourth-order valence-electron chi connectivity index (χ4n) is 2.70. The summed E-state index contributed by atoms with van der Waals surface area (Å²) in [5.74, 6) is 1.24. The van der Waals surface area contributed by atoms with Crippen molar-refractivity contribution in [2.75, 3.05) is 0 Å². The van der Waals surface area contributed by atoms with Crippen molar-refractivity contribution < 1.29 is 14.1 Å². The number of hydrogen-bond acceptors (Lipinski definition) is 4. The first-order valence-corrected chi connectivity index (χ1v) is 8.55. The van der Waals surface area contributed by atoms with Crippen LogP contribution in [0.25, 0.3) is 0 Å². The topological polar surface area (TPSA) is 64.4 Å². The largest absolute Gasteiger partial charge is 0.489 e. The predicted molar refractivity (Wildman–Crippen MR) is 99.1 cm³/mol. The summed E-state index contributed by atoms with van der Waals surface area (Å²) in [6.45, 7) is 6.05. The molecule has 1 atom stereocenters. The Kier molecular flexibility index (Phi) is 5.37. The second-order valence-electron chi connectivity index (χ2n) is 6.23. The molecule has 3 rings (SSSR count). The molecule has 1 amide bonds. The van der Waals surface area contributed by atoms with E-state index in [0.29, 0.717) is 17.9 Å². The number of nitrogens with one attached hydrogen (secondary N) is 1. The van der Waals surface area contributed by atoms with E-state index in [0.717, 1.165) is 22.6 Å². The Morgan fingerprint density at radius 2 is 1.92 bits per heavy atom. The third-order valence-electron chi connectivity index (χ3n) is 4.31. The summed E-state index contributed by atoms with van der Waals surface area (Å²) >= 11 is 0. The Balaban J connectivity index is 1.66. The van der Waals surface area contributed by atoms with E-state index in [2.05, 4.69) is 10.5 Å². The van der Waals surface area contributed by atoms with Gasteiger partial charge in [-0.05, 0) is 44.5 Å². The molecular formula is C21H22N2O3. The van der Waals surface area contributed by atoms with E-state index in [1.165, 1.54) is 0 Å². The molecule has 0 bridgehead atoms. The van der Waals surface area contributed by atoms with Crippen LogP contribution in [0.15, 0.2) is 59.1 Å². The fourth-order valence-corrected chi connectivity index (χ4v) is 2.70. The van der Waals surface area contributed by atoms with Crippen molar-refractivity contribution in [1.82, 2.24) is 10.5 Å². The van der Waals surface area contributed by atoms with E-state index in [-0.39, 0.29) is 11.9 Å². The van der Waals surface area contributed by atoms with Crippen LogP contribution in [0, 0.1) is 13.8 Å². The molecule has 0 fully saturated rings. The lowest BCUT2D eigenvalue weighted by molar-refractivity contribution is 0.0939. The number of carbonyl (C=O) groups excluding carboxylic acids is 1. The third kappa shape index (κ3) is 4.11. The molecule has 1 heterocycles. The van der Waals surface area contributed by atoms with E-state index in [1.54, 1.807) is 12.1 Å². The van der Waals surface area contributed by atoms with Crippen molar-refractivity contribution in [2.24, 2.45) is 0 Å². The monoisotopic (exact) mass is 350 g/mol. The van der Waals surface area contributed by atoms with Gasteiger partial charge in [0.15, 0.2) is 0 Å². The first-order chi connectivity index (χ1) is 12.5. The fraction of sp³-hybridized carbons (Fsp3) is 0.238. The molecule has 0 spiro atoms. The smallest absolute Gasteiger partial charge is 0.251 e. The van der Waals surface area contributed by atoms with Gasteiger partial charge in [-0.2, -0.15) is 0 Å². The SMILES string of the molecule is Cc1noc(C)c1COc1cccc(C(=O)N[C@@H](C)c2ccccc2)c1. The van der Waals surface area contributed by atoms with Gasteiger partial charge in [-0.25, -0.2) is 0 Å². The first-order valence-electron chi connectivity index (χ1n) is 8.55. The molecule has 2 aromatic carbocycles. The third-order valence-corrected chi connectivity index (χ3v) is 4.31. The predicted octanol–water partition coefficient (Wildman–Crippen LogP) is 4.36.